The molecule has 0 spiro atoms. The van der Waals surface area contributed by atoms with E-state index in [4.69, 9.17) is 0 Å². The minimum Gasteiger partial charge on any atom is -0.310 e. The number of hydrogen-bond acceptors (Lipinski definition) is 2. The van der Waals surface area contributed by atoms with Crippen LogP contribution in [0.3, 0.4) is 0 Å². The summed E-state index contributed by atoms with van der Waals surface area (Å²) in [5.74, 6) is 3.30. The van der Waals surface area contributed by atoms with E-state index < -0.39 is 0 Å². The van der Waals surface area contributed by atoms with Gasteiger partial charge < -0.3 is 10.2 Å². The Labute approximate surface area is 113 Å². The molecular formula is C16H30N2. The zero-order chi connectivity index (χ0) is 13.3. The second kappa shape index (κ2) is 5.75. The van der Waals surface area contributed by atoms with Gasteiger partial charge in [-0.3, -0.25) is 0 Å². The first-order chi connectivity index (χ1) is 8.47. The number of likely N-dealkylation sites (N-methyl/N-ethyl adjacent to an activating group) is 1. The Hall–Kier alpha value is -0.340. The molecule has 0 aromatic carbocycles. The quantitative estimate of drug-likeness (QED) is 0.729. The van der Waals surface area contributed by atoms with Crippen molar-refractivity contribution in [1.29, 1.82) is 0 Å². The normalized spacial score (nSPS) is 33.6. The molecule has 0 heterocycles. The van der Waals surface area contributed by atoms with Gasteiger partial charge >= 0.3 is 0 Å². The van der Waals surface area contributed by atoms with Crippen molar-refractivity contribution in [2.45, 2.75) is 45.7 Å². The first kappa shape index (κ1) is 14.1. The Bertz CT molecular complexity index is 295. The van der Waals surface area contributed by atoms with Gasteiger partial charge in [0, 0.05) is 18.6 Å². The third-order valence-corrected chi connectivity index (χ3v) is 4.82. The van der Waals surface area contributed by atoms with E-state index in [1.54, 1.807) is 0 Å². The van der Waals surface area contributed by atoms with Crippen LogP contribution in [-0.2, 0) is 0 Å². The molecule has 0 amide bonds. The lowest BCUT2D eigenvalue weighted by molar-refractivity contribution is 0.232. The van der Waals surface area contributed by atoms with Crippen molar-refractivity contribution in [1.82, 2.24) is 10.2 Å². The number of nitrogens with one attached hydrogen (secondary N) is 1. The van der Waals surface area contributed by atoms with Gasteiger partial charge in [-0.25, -0.2) is 0 Å². The molecule has 2 nitrogen and oxygen atoms in total. The molecule has 2 aliphatic carbocycles. The lowest BCUT2D eigenvalue weighted by Gasteiger charge is -2.33. The van der Waals surface area contributed by atoms with Crippen molar-refractivity contribution < 1.29 is 0 Å². The standard InChI is InChI=1S/C16H30N2/c1-11(2)16(10-18(4)5)17-12(3)15-9-13-6-7-14(15)8-13/h6-7,11-17H,8-10H2,1-5H3. The van der Waals surface area contributed by atoms with Gasteiger partial charge in [-0.05, 0) is 57.5 Å². The first-order valence-electron chi connectivity index (χ1n) is 7.56. The fourth-order valence-corrected chi connectivity index (χ4v) is 3.71. The molecule has 0 aliphatic heterocycles. The summed E-state index contributed by atoms with van der Waals surface area (Å²) >= 11 is 0. The van der Waals surface area contributed by atoms with Crippen LogP contribution >= 0.6 is 0 Å². The van der Waals surface area contributed by atoms with Crippen LogP contribution in [0.4, 0.5) is 0 Å². The van der Waals surface area contributed by atoms with Gasteiger partial charge in [0.25, 0.3) is 0 Å². The van der Waals surface area contributed by atoms with E-state index in [1.165, 1.54) is 12.8 Å². The number of allylic oxidation sites excluding steroid dienone is 2. The zero-order valence-corrected chi connectivity index (χ0v) is 12.7. The van der Waals surface area contributed by atoms with Gasteiger partial charge in [0.05, 0.1) is 0 Å². The van der Waals surface area contributed by atoms with E-state index in [9.17, 15) is 0 Å². The van der Waals surface area contributed by atoms with Crippen LogP contribution in [0.1, 0.15) is 33.6 Å². The molecular weight excluding hydrogens is 220 g/mol. The topological polar surface area (TPSA) is 15.3 Å². The summed E-state index contributed by atoms with van der Waals surface area (Å²) in [5, 5.41) is 3.90. The van der Waals surface area contributed by atoms with Crippen molar-refractivity contribution in [2.75, 3.05) is 20.6 Å². The average Bonchev–Trinajstić information content (AvgIpc) is 2.88. The Kier molecular flexibility index (Phi) is 4.50. The molecule has 2 aliphatic rings. The summed E-state index contributed by atoms with van der Waals surface area (Å²) < 4.78 is 0. The summed E-state index contributed by atoms with van der Waals surface area (Å²) in [6.45, 7) is 8.19. The molecule has 1 fully saturated rings. The molecule has 2 rings (SSSR count). The molecule has 1 N–H and O–H groups in total. The number of rotatable bonds is 6. The molecule has 1 saturated carbocycles. The second-order valence-corrected chi connectivity index (χ2v) is 7.01. The summed E-state index contributed by atoms with van der Waals surface area (Å²) in [4.78, 5) is 2.30. The lowest BCUT2D eigenvalue weighted by atomic mass is 9.86. The molecule has 0 aromatic rings. The average molecular weight is 250 g/mol. The Morgan fingerprint density at radius 1 is 1.17 bits per heavy atom. The minimum absolute atomic E-state index is 0.609. The van der Waals surface area contributed by atoms with Crippen molar-refractivity contribution in [3.8, 4) is 0 Å². The summed E-state index contributed by atoms with van der Waals surface area (Å²) in [7, 11) is 4.34. The third kappa shape index (κ3) is 3.16. The van der Waals surface area contributed by atoms with Crippen molar-refractivity contribution in [3.05, 3.63) is 12.2 Å². The van der Waals surface area contributed by atoms with Gasteiger partial charge in [-0.2, -0.15) is 0 Å². The van der Waals surface area contributed by atoms with E-state index in [2.05, 4.69) is 57.2 Å². The molecule has 5 unspecified atom stereocenters. The molecule has 18 heavy (non-hydrogen) atoms. The van der Waals surface area contributed by atoms with Gasteiger partial charge in [0.15, 0.2) is 0 Å². The summed E-state index contributed by atoms with van der Waals surface area (Å²) in [6, 6.07) is 1.26. The maximum Gasteiger partial charge on any atom is 0.0220 e. The van der Waals surface area contributed by atoms with E-state index in [0.717, 1.165) is 24.3 Å². The first-order valence-corrected chi connectivity index (χ1v) is 7.56. The predicted molar refractivity (Wildman–Crippen MR) is 78.6 cm³/mol. The van der Waals surface area contributed by atoms with E-state index in [1.807, 2.05) is 0 Å². The smallest absolute Gasteiger partial charge is 0.0220 e. The highest BCUT2D eigenvalue weighted by Crippen LogP contribution is 2.44. The van der Waals surface area contributed by atoms with Crippen LogP contribution in [0.2, 0.25) is 0 Å². The molecule has 0 radical (unpaired) electrons. The van der Waals surface area contributed by atoms with E-state index in [-0.39, 0.29) is 0 Å². The van der Waals surface area contributed by atoms with Crippen molar-refractivity contribution in [3.63, 3.8) is 0 Å². The van der Waals surface area contributed by atoms with E-state index >= 15 is 0 Å². The zero-order valence-electron chi connectivity index (χ0n) is 12.7. The highest BCUT2D eigenvalue weighted by Gasteiger charge is 2.38. The Morgan fingerprint density at radius 2 is 1.89 bits per heavy atom. The predicted octanol–water partition coefficient (Wildman–Crippen LogP) is 2.76. The maximum absolute atomic E-state index is 3.90. The largest absolute Gasteiger partial charge is 0.310 e. The van der Waals surface area contributed by atoms with Gasteiger partial charge in [-0.15, -0.1) is 0 Å². The van der Waals surface area contributed by atoms with Crippen molar-refractivity contribution >= 4 is 0 Å². The monoisotopic (exact) mass is 250 g/mol. The van der Waals surface area contributed by atoms with Crippen LogP contribution in [0, 0.1) is 23.7 Å². The Balaban J connectivity index is 1.88. The fourth-order valence-electron chi connectivity index (χ4n) is 3.71. The number of nitrogens with zero attached hydrogens (tertiary/aromatic N) is 1. The fraction of sp³-hybridized carbons (Fsp3) is 0.875. The molecule has 2 heteroatoms. The number of fused-ring (bicyclic) bond motifs is 2. The van der Waals surface area contributed by atoms with Crippen LogP contribution < -0.4 is 5.32 Å². The van der Waals surface area contributed by atoms with Gasteiger partial charge in [0.1, 0.15) is 0 Å². The van der Waals surface area contributed by atoms with Crippen LogP contribution in [0.5, 0.6) is 0 Å². The highest BCUT2D eigenvalue weighted by atomic mass is 15.1. The summed E-state index contributed by atoms with van der Waals surface area (Å²) in [5.41, 5.74) is 0. The van der Waals surface area contributed by atoms with Gasteiger partial charge in [0.2, 0.25) is 0 Å². The Morgan fingerprint density at radius 3 is 2.33 bits per heavy atom. The minimum atomic E-state index is 0.609. The number of hydrogen-bond donors (Lipinski definition) is 1. The highest BCUT2D eigenvalue weighted by molar-refractivity contribution is 5.11. The third-order valence-electron chi connectivity index (χ3n) is 4.82. The molecule has 0 aromatic heterocycles. The second-order valence-electron chi connectivity index (χ2n) is 7.01. The van der Waals surface area contributed by atoms with Crippen LogP contribution in [0.15, 0.2) is 12.2 Å². The van der Waals surface area contributed by atoms with Crippen LogP contribution in [0.25, 0.3) is 0 Å². The lowest BCUT2D eigenvalue weighted by Crippen LogP contribution is -2.49. The SMILES string of the molecule is CC(C)C(CN(C)C)NC(C)C1CC2C=CC1C2. The van der Waals surface area contributed by atoms with Crippen molar-refractivity contribution in [2.24, 2.45) is 23.7 Å². The van der Waals surface area contributed by atoms with Gasteiger partial charge in [-0.1, -0.05) is 26.0 Å². The molecule has 2 bridgehead atoms. The summed E-state index contributed by atoms with van der Waals surface area (Å²) in [6.07, 6.45) is 7.72. The molecule has 104 valence electrons. The van der Waals surface area contributed by atoms with E-state index in [0.29, 0.717) is 18.0 Å². The molecule has 0 saturated heterocycles. The van der Waals surface area contributed by atoms with Crippen LogP contribution in [-0.4, -0.2) is 37.6 Å². The maximum atomic E-state index is 3.90. The molecule has 5 atom stereocenters.